The molecule has 152 valence electrons. The molecule has 12 heteroatoms. The van der Waals surface area contributed by atoms with Gasteiger partial charge < -0.3 is 10.9 Å². The van der Waals surface area contributed by atoms with Gasteiger partial charge in [0.1, 0.15) is 17.3 Å². The third kappa shape index (κ3) is 4.24. The van der Waals surface area contributed by atoms with Crippen LogP contribution in [0.2, 0.25) is 0 Å². The Bertz CT molecular complexity index is 871. The van der Waals surface area contributed by atoms with Gasteiger partial charge in [-0.25, -0.2) is 14.6 Å². The van der Waals surface area contributed by atoms with Crippen LogP contribution in [0.5, 0.6) is 0 Å². The lowest BCUT2D eigenvalue weighted by Crippen LogP contribution is -2.55. The van der Waals surface area contributed by atoms with Gasteiger partial charge in [-0.3, -0.25) is 9.99 Å². The molecule has 0 aliphatic carbocycles. The number of halogens is 5. The number of hydrazone groups is 1. The third-order valence-corrected chi connectivity index (χ3v) is 5.06. The normalized spacial score (nSPS) is 14.6. The first-order valence-electron chi connectivity index (χ1n) is 7.58. The smallest absolute Gasteiger partial charge is 0.323 e. The number of pyridine rings is 1. The van der Waals surface area contributed by atoms with Crippen molar-refractivity contribution < 1.29 is 22.7 Å². The highest BCUT2D eigenvalue weighted by atomic mass is 79.9. The Labute approximate surface area is 170 Å². The number of rotatable bonds is 5. The maximum absolute atomic E-state index is 15.4. The van der Waals surface area contributed by atoms with Crippen LogP contribution in [-0.4, -0.2) is 33.1 Å². The van der Waals surface area contributed by atoms with Gasteiger partial charge in [0.05, 0.1) is 6.54 Å². The summed E-state index contributed by atoms with van der Waals surface area (Å²) in [5.74, 6) is 4.40. The number of hydrogen-bond acceptors (Lipinski definition) is 6. The van der Waals surface area contributed by atoms with Crippen molar-refractivity contribution in [2.24, 2.45) is 16.8 Å². The lowest BCUT2D eigenvalue weighted by Gasteiger charge is -2.38. The predicted octanol–water partition coefficient (Wildman–Crippen LogP) is 2.87. The first kappa shape index (κ1) is 22.4. The van der Waals surface area contributed by atoms with E-state index in [2.05, 4.69) is 26.0 Å². The van der Waals surface area contributed by atoms with Gasteiger partial charge in [-0.2, -0.15) is 13.9 Å². The first-order valence-corrected chi connectivity index (χ1v) is 9.60. The molecule has 1 atom stereocenters. The molecule has 1 unspecified atom stereocenters. The minimum atomic E-state index is -4.12. The minimum absolute atomic E-state index is 0.0967. The molecular formula is C16H16BrF4N5OS. The highest BCUT2D eigenvalue weighted by Gasteiger charge is 2.58. The Morgan fingerprint density at radius 1 is 1.32 bits per heavy atom. The van der Waals surface area contributed by atoms with E-state index in [0.29, 0.717) is 15.5 Å². The monoisotopic (exact) mass is 481 g/mol. The molecular weight excluding hydrogens is 466 g/mol. The third-order valence-electron chi connectivity index (χ3n) is 3.88. The Morgan fingerprint density at radius 3 is 2.50 bits per heavy atom. The fraction of sp³-hybridized carbons (Fsp3) is 0.250. The topological polar surface area (TPSA) is 101 Å². The number of thioether (sulfide) groups is 1. The van der Waals surface area contributed by atoms with Crippen molar-refractivity contribution in [2.75, 3.05) is 12.8 Å². The summed E-state index contributed by atoms with van der Waals surface area (Å²) in [4.78, 5) is 3.61. The largest absolute Gasteiger partial charge is 0.377 e. The molecule has 28 heavy (non-hydrogen) atoms. The number of hydrazine groups is 1. The number of aromatic nitrogens is 1. The predicted molar refractivity (Wildman–Crippen MR) is 102 cm³/mol. The van der Waals surface area contributed by atoms with Crippen LogP contribution in [0.1, 0.15) is 11.3 Å². The fourth-order valence-electron chi connectivity index (χ4n) is 2.51. The van der Waals surface area contributed by atoms with E-state index in [1.54, 1.807) is 0 Å². The van der Waals surface area contributed by atoms with Crippen LogP contribution < -0.4 is 11.7 Å². The second-order valence-electron chi connectivity index (χ2n) is 5.66. The number of alkyl halides is 2. The molecule has 1 aromatic heterocycles. The molecule has 0 saturated heterocycles. The van der Waals surface area contributed by atoms with Gasteiger partial charge in [0, 0.05) is 22.3 Å². The van der Waals surface area contributed by atoms with Crippen molar-refractivity contribution >= 4 is 32.9 Å². The van der Waals surface area contributed by atoms with Gasteiger partial charge in [0.15, 0.2) is 10.8 Å². The summed E-state index contributed by atoms with van der Waals surface area (Å²) in [5.41, 5.74) is -4.94. The highest BCUT2D eigenvalue weighted by molar-refractivity contribution is 9.10. The van der Waals surface area contributed by atoms with Crippen molar-refractivity contribution in [2.45, 2.75) is 11.5 Å². The SMILES string of the molecule is CS/C(=N/N)N(N)CC(O)(c1ccc(F)cc1F)C(F)(F)c1ccc(Br)cn1. The van der Waals surface area contributed by atoms with Crippen LogP contribution in [0.4, 0.5) is 17.6 Å². The number of nitrogens with two attached hydrogens (primary N) is 2. The summed E-state index contributed by atoms with van der Waals surface area (Å²) in [5, 5.41) is 14.9. The van der Waals surface area contributed by atoms with Gasteiger partial charge >= 0.3 is 5.92 Å². The molecule has 0 aliphatic rings. The molecule has 0 spiro atoms. The zero-order valence-corrected chi connectivity index (χ0v) is 16.8. The number of nitrogens with zero attached hydrogens (tertiary/aromatic N) is 3. The summed E-state index contributed by atoms with van der Waals surface area (Å²) in [6.07, 6.45) is 2.62. The van der Waals surface area contributed by atoms with Gasteiger partial charge in [0.25, 0.3) is 0 Å². The Morgan fingerprint density at radius 2 is 2.00 bits per heavy atom. The fourth-order valence-corrected chi connectivity index (χ4v) is 3.15. The van der Waals surface area contributed by atoms with Crippen LogP contribution in [0.25, 0.3) is 0 Å². The number of amidine groups is 1. The van der Waals surface area contributed by atoms with Crippen molar-refractivity contribution in [3.05, 3.63) is 63.9 Å². The number of benzene rings is 1. The lowest BCUT2D eigenvalue weighted by atomic mass is 9.84. The van der Waals surface area contributed by atoms with Crippen LogP contribution in [0.15, 0.2) is 46.1 Å². The van der Waals surface area contributed by atoms with Crippen molar-refractivity contribution in [3.63, 3.8) is 0 Å². The van der Waals surface area contributed by atoms with E-state index in [1.807, 2.05) is 0 Å². The molecule has 5 N–H and O–H groups in total. The van der Waals surface area contributed by atoms with E-state index in [0.717, 1.165) is 36.2 Å². The maximum atomic E-state index is 15.4. The summed E-state index contributed by atoms with van der Waals surface area (Å²) < 4.78 is 58.9. The molecule has 0 saturated carbocycles. The molecule has 2 aromatic rings. The number of aliphatic hydroxyl groups is 1. The highest BCUT2D eigenvalue weighted by Crippen LogP contribution is 2.46. The lowest BCUT2D eigenvalue weighted by molar-refractivity contribution is -0.204. The maximum Gasteiger partial charge on any atom is 0.323 e. The van der Waals surface area contributed by atoms with Gasteiger partial charge in [-0.15, -0.1) is 0 Å². The first-order chi connectivity index (χ1) is 13.1. The Balaban J connectivity index is 2.65. The van der Waals surface area contributed by atoms with E-state index < -0.39 is 41.0 Å². The summed E-state index contributed by atoms with van der Waals surface area (Å²) in [7, 11) is 0. The van der Waals surface area contributed by atoms with Crippen molar-refractivity contribution in [3.8, 4) is 0 Å². The van der Waals surface area contributed by atoms with E-state index in [-0.39, 0.29) is 5.17 Å². The van der Waals surface area contributed by atoms with E-state index in [1.165, 1.54) is 12.3 Å². The number of hydrogen-bond donors (Lipinski definition) is 3. The molecule has 0 fully saturated rings. The van der Waals surface area contributed by atoms with E-state index >= 15 is 8.78 Å². The summed E-state index contributed by atoms with van der Waals surface area (Å²) in [6.45, 7) is -1.02. The average Bonchev–Trinajstić information content (AvgIpc) is 2.62. The Hall–Kier alpha value is -1.89. The van der Waals surface area contributed by atoms with Crippen LogP contribution in [0, 0.1) is 11.6 Å². The Kier molecular flexibility index (Phi) is 6.91. The second kappa shape index (κ2) is 8.64. The van der Waals surface area contributed by atoms with Crippen LogP contribution in [0.3, 0.4) is 0 Å². The molecule has 1 heterocycles. The quantitative estimate of drug-likeness (QED) is 0.199. The minimum Gasteiger partial charge on any atom is -0.377 e. The standard InChI is InChI=1S/C16H16BrF4N5OS/c1-28-14(25-22)26(23)8-15(27,11-4-3-10(18)6-12(11)19)16(20,21)13-5-2-9(17)7-24-13/h2-7,27H,8,22-23H2,1H3/b25-14+. The zero-order valence-electron chi connectivity index (χ0n) is 14.4. The van der Waals surface area contributed by atoms with Gasteiger partial charge in [0.2, 0.25) is 0 Å². The molecule has 0 aliphatic heterocycles. The molecule has 2 rings (SSSR count). The van der Waals surface area contributed by atoms with Crippen molar-refractivity contribution in [1.29, 1.82) is 0 Å². The summed E-state index contributed by atoms with van der Waals surface area (Å²) >= 11 is 4.00. The van der Waals surface area contributed by atoms with E-state index in [4.69, 9.17) is 11.7 Å². The molecule has 1 aromatic carbocycles. The van der Waals surface area contributed by atoms with Crippen LogP contribution in [-0.2, 0) is 11.5 Å². The molecule has 0 amide bonds. The molecule has 0 bridgehead atoms. The van der Waals surface area contributed by atoms with Crippen LogP contribution >= 0.6 is 27.7 Å². The summed E-state index contributed by atoms with van der Waals surface area (Å²) in [6, 6.07) is 4.11. The van der Waals surface area contributed by atoms with E-state index in [9.17, 15) is 13.9 Å². The molecule has 0 radical (unpaired) electrons. The second-order valence-corrected chi connectivity index (χ2v) is 7.35. The zero-order chi connectivity index (χ0) is 21.1. The average molecular weight is 482 g/mol. The van der Waals surface area contributed by atoms with Gasteiger partial charge in [-0.05, 0) is 46.5 Å². The van der Waals surface area contributed by atoms with Crippen molar-refractivity contribution in [1.82, 2.24) is 9.99 Å². The molecule has 6 nitrogen and oxygen atoms in total. The van der Waals surface area contributed by atoms with Gasteiger partial charge in [-0.1, -0.05) is 11.8 Å².